The van der Waals surface area contributed by atoms with Crippen molar-refractivity contribution in [1.82, 2.24) is 10.3 Å². The van der Waals surface area contributed by atoms with Crippen molar-refractivity contribution in [3.05, 3.63) is 102 Å². The summed E-state index contributed by atoms with van der Waals surface area (Å²) in [6, 6.07) is 28.7. The summed E-state index contributed by atoms with van der Waals surface area (Å²) >= 11 is 0. The minimum atomic E-state index is -0.675. The number of nitrogens with two attached hydrogens (primary N) is 1. The number of H-pyrrole nitrogens is 1. The Balaban J connectivity index is 1.15. The van der Waals surface area contributed by atoms with Gasteiger partial charge in [-0.05, 0) is 68.3 Å². The molecule has 5 N–H and O–H groups in total. The van der Waals surface area contributed by atoms with Crippen LogP contribution in [0.15, 0.2) is 91.0 Å². The average molecular weight is 524 g/mol. The molecule has 0 spiro atoms. The van der Waals surface area contributed by atoms with Gasteiger partial charge in [0.1, 0.15) is 30.0 Å². The molecule has 1 aromatic heterocycles. The number of ether oxygens (including phenoxy) is 2. The monoisotopic (exact) mass is 523 g/mol. The second kappa shape index (κ2) is 11.2. The summed E-state index contributed by atoms with van der Waals surface area (Å²) in [6.07, 6.45) is 0.0683. The van der Waals surface area contributed by atoms with Crippen LogP contribution < -0.4 is 20.5 Å². The Bertz CT molecular complexity index is 1590. The van der Waals surface area contributed by atoms with Crippen LogP contribution in [-0.4, -0.2) is 40.8 Å². The lowest BCUT2D eigenvalue weighted by Crippen LogP contribution is -2.46. The lowest BCUT2D eigenvalue weighted by atomic mass is 9.94. The van der Waals surface area contributed by atoms with E-state index in [1.54, 1.807) is 24.3 Å². The maximum absolute atomic E-state index is 11.6. The number of β-amino-alcohol motifs (C(OH)–C–C–N with tert-alkyl or cyclic N) is 1. The first-order valence-electron chi connectivity index (χ1n) is 13.0. The number of primary amides is 1. The molecule has 1 amide bonds. The maximum atomic E-state index is 11.6. The van der Waals surface area contributed by atoms with E-state index >= 15 is 0 Å². The molecule has 39 heavy (non-hydrogen) atoms. The number of para-hydroxylation sites is 2. The van der Waals surface area contributed by atoms with E-state index in [0.29, 0.717) is 23.6 Å². The second-order valence-corrected chi connectivity index (χ2v) is 10.4. The van der Waals surface area contributed by atoms with Crippen LogP contribution in [0.3, 0.4) is 0 Å². The highest BCUT2D eigenvalue weighted by Gasteiger charge is 2.20. The molecule has 0 radical (unpaired) electrons. The second-order valence-electron chi connectivity index (χ2n) is 10.4. The number of aliphatic hydroxyl groups excluding tert-OH is 1. The van der Waals surface area contributed by atoms with Crippen molar-refractivity contribution < 1.29 is 19.4 Å². The lowest BCUT2D eigenvalue weighted by Gasteiger charge is -2.28. The number of hydrogen-bond donors (Lipinski definition) is 4. The molecule has 1 unspecified atom stereocenters. The SMILES string of the molecule is CC(C)(Cc1ccc(Oc2ccccc2C(N)=O)cc1)NCC(O)COc1cccc2[nH]c3ccccc3c12. The number of aliphatic hydroxyl groups is 1. The first-order valence-corrected chi connectivity index (χ1v) is 13.0. The molecule has 0 aliphatic heterocycles. The van der Waals surface area contributed by atoms with Crippen LogP contribution >= 0.6 is 0 Å². The molecule has 0 aliphatic carbocycles. The van der Waals surface area contributed by atoms with Crippen LogP contribution in [0.4, 0.5) is 0 Å². The van der Waals surface area contributed by atoms with Crippen molar-refractivity contribution in [1.29, 1.82) is 0 Å². The fourth-order valence-corrected chi connectivity index (χ4v) is 4.76. The van der Waals surface area contributed by atoms with E-state index in [9.17, 15) is 9.90 Å². The topological polar surface area (TPSA) is 110 Å². The van der Waals surface area contributed by atoms with Gasteiger partial charge in [-0.3, -0.25) is 4.79 Å². The van der Waals surface area contributed by atoms with E-state index in [-0.39, 0.29) is 12.1 Å². The van der Waals surface area contributed by atoms with E-state index in [2.05, 4.69) is 30.2 Å². The molecular weight excluding hydrogens is 490 g/mol. The highest BCUT2D eigenvalue weighted by molar-refractivity contribution is 6.10. The Hall–Kier alpha value is -4.33. The minimum Gasteiger partial charge on any atom is -0.490 e. The zero-order valence-corrected chi connectivity index (χ0v) is 22.1. The molecular formula is C32H33N3O4. The molecule has 0 saturated heterocycles. The van der Waals surface area contributed by atoms with Crippen molar-refractivity contribution in [2.75, 3.05) is 13.2 Å². The number of aromatic nitrogens is 1. The number of benzene rings is 4. The third kappa shape index (κ3) is 6.22. The van der Waals surface area contributed by atoms with Gasteiger partial charge in [0, 0.05) is 28.4 Å². The fourth-order valence-electron chi connectivity index (χ4n) is 4.76. The number of nitrogens with one attached hydrogen (secondary N) is 2. The summed E-state index contributed by atoms with van der Waals surface area (Å²) in [4.78, 5) is 15.1. The summed E-state index contributed by atoms with van der Waals surface area (Å²) in [5.41, 5.74) is 8.70. The van der Waals surface area contributed by atoms with Crippen molar-refractivity contribution in [2.45, 2.75) is 31.9 Å². The molecule has 200 valence electrons. The summed E-state index contributed by atoms with van der Waals surface area (Å²) in [6.45, 7) is 4.77. The summed E-state index contributed by atoms with van der Waals surface area (Å²) in [5.74, 6) is 1.27. The van der Waals surface area contributed by atoms with Crippen LogP contribution in [0.2, 0.25) is 0 Å². The molecule has 4 aromatic carbocycles. The molecule has 1 heterocycles. The molecule has 7 heteroatoms. The van der Waals surface area contributed by atoms with Crippen LogP contribution in [0.25, 0.3) is 21.8 Å². The molecule has 7 nitrogen and oxygen atoms in total. The van der Waals surface area contributed by atoms with Gasteiger partial charge in [-0.1, -0.05) is 48.5 Å². The van der Waals surface area contributed by atoms with Gasteiger partial charge < -0.3 is 30.6 Å². The number of carbonyl (C=O) groups is 1. The normalized spacial score (nSPS) is 12.5. The smallest absolute Gasteiger partial charge is 0.252 e. The summed E-state index contributed by atoms with van der Waals surface area (Å²) < 4.78 is 11.9. The molecule has 0 fully saturated rings. The Morgan fingerprint density at radius 1 is 0.923 bits per heavy atom. The van der Waals surface area contributed by atoms with Crippen LogP contribution in [0.5, 0.6) is 17.2 Å². The molecule has 0 aliphatic rings. The Labute approximate surface area is 227 Å². The zero-order chi connectivity index (χ0) is 27.4. The van der Waals surface area contributed by atoms with E-state index < -0.39 is 12.0 Å². The number of hydrogen-bond acceptors (Lipinski definition) is 5. The van der Waals surface area contributed by atoms with Crippen molar-refractivity contribution in [2.24, 2.45) is 5.73 Å². The van der Waals surface area contributed by atoms with Crippen LogP contribution in [0.1, 0.15) is 29.8 Å². The Kier molecular flexibility index (Phi) is 7.54. The van der Waals surface area contributed by atoms with Gasteiger partial charge in [0.2, 0.25) is 0 Å². The molecule has 0 bridgehead atoms. The summed E-state index contributed by atoms with van der Waals surface area (Å²) in [5, 5.41) is 16.3. The molecule has 1 atom stereocenters. The van der Waals surface area contributed by atoms with Crippen molar-refractivity contribution in [3.8, 4) is 17.2 Å². The number of aromatic amines is 1. The van der Waals surface area contributed by atoms with E-state index in [4.69, 9.17) is 15.2 Å². The molecule has 5 aromatic rings. The Morgan fingerprint density at radius 3 is 2.41 bits per heavy atom. The quantitative estimate of drug-likeness (QED) is 0.181. The van der Waals surface area contributed by atoms with E-state index in [0.717, 1.165) is 39.5 Å². The highest BCUT2D eigenvalue weighted by atomic mass is 16.5. The lowest BCUT2D eigenvalue weighted by molar-refractivity contribution is 0.0995. The third-order valence-corrected chi connectivity index (χ3v) is 6.69. The predicted octanol–water partition coefficient (Wildman–Crippen LogP) is 5.56. The largest absolute Gasteiger partial charge is 0.490 e. The zero-order valence-electron chi connectivity index (χ0n) is 22.1. The van der Waals surface area contributed by atoms with Gasteiger partial charge in [-0.2, -0.15) is 0 Å². The van der Waals surface area contributed by atoms with Crippen LogP contribution in [0, 0.1) is 0 Å². The van der Waals surface area contributed by atoms with E-state index in [1.165, 1.54) is 0 Å². The predicted molar refractivity (Wildman–Crippen MR) is 155 cm³/mol. The fraction of sp³-hybridized carbons (Fsp3) is 0.219. The maximum Gasteiger partial charge on any atom is 0.252 e. The van der Waals surface area contributed by atoms with Crippen LogP contribution in [-0.2, 0) is 6.42 Å². The van der Waals surface area contributed by atoms with Crippen molar-refractivity contribution >= 4 is 27.7 Å². The van der Waals surface area contributed by atoms with Gasteiger partial charge in [0.05, 0.1) is 11.1 Å². The van der Waals surface area contributed by atoms with Gasteiger partial charge in [0.15, 0.2) is 0 Å². The first kappa shape index (κ1) is 26.3. The van der Waals surface area contributed by atoms with Crippen molar-refractivity contribution in [3.63, 3.8) is 0 Å². The van der Waals surface area contributed by atoms with Gasteiger partial charge >= 0.3 is 0 Å². The highest BCUT2D eigenvalue weighted by Crippen LogP contribution is 2.33. The van der Waals surface area contributed by atoms with E-state index in [1.807, 2.05) is 60.7 Å². The third-order valence-electron chi connectivity index (χ3n) is 6.69. The number of amides is 1. The standard InChI is InChI=1S/C32H33N3O4/c1-32(2,18-21-14-16-23(17-15-21)39-28-12-6-4-9-25(28)31(33)37)34-19-22(36)20-38-29-13-7-11-27-30(29)24-8-3-5-10-26(24)35-27/h3-17,22,34-36H,18-20H2,1-2H3,(H2,33,37). The van der Waals surface area contributed by atoms with Gasteiger partial charge in [-0.15, -0.1) is 0 Å². The first-order chi connectivity index (χ1) is 18.8. The average Bonchev–Trinajstić information content (AvgIpc) is 3.31. The summed E-state index contributed by atoms with van der Waals surface area (Å²) in [7, 11) is 0. The molecule has 5 rings (SSSR count). The van der Waals surface area contributed by atoms with Gasteiger partial charge in [0.25, 0.3) is 5.91 Å². The molecule has 0 saturated carbocycles. The minimum absolute atomic E-state index is 0.181. The number of carbonyl (C=O) groups excluding carboxylic acids is 1. The number of rotatable bonds is 11. The number of fused-ring (bicyclic) bond motifs is 3. The Morgan fingerprint density at radius 2 is 1.62 bits per heavy atom. The van der Waals surface area contributed by atoms with Gasteiger partial charge in [-0.25, -0.2) is 0 Å².